The third kappa shape index (κ3) is 2.34. The largest absolute Gasteiger partial charge is 0.342 e. The lowest BCUT2D eigenvalue weighted by Crippen LogP contribution is -1.96. The van der Waals surface area contributed by atoms with Gasteiger partial charge in [0.1, 0.15) is 5.82 Å². The van der Waals surface area contributed by atoms with E-state index in [1.54, 1.807) is 18.2 Å². The van der Waals surface area contributed by atoms with Crippen molar-refractivity contribution in [3.05, 3.63) is 24.0 Å². The molecule has 1 atom stereocenters. The molecule has 1 heterocycles. The maximum atomic E-state index is 11.4. The van der Waals surface area contributed by atoms with Crippen LogP contribution < -0.4 is 0 Å². The van der Waals surface area contributed by atoms with Crippen LogP contribution in [0, 0.1) is 0 Å². The Hall–Kier alpha value is -1.36. The van der Waals surface area contributed by atoms with E-state index in [9.17, 15) is 8.42 Å². The molecule has 0 fully saturated rings. The van der Waals surface area contributed by atoms with Crippen LogP contribution in [0.4, 0.5) is 0 Å². The molecule has 17 heavy (non-hydrogen) atoms. The normalized spacial score (nSPS) is 14.1. The van der Waals surface area contributed by atoms with Crippen LogP contribution in [0.5, 0.6) is 0 Å². The minimum atomic E-state index is -3.16. The first-order chi connectivity index (χ1) is 7.91. The molecule has 1 aromatic carbocycles. The summed E-state index contributed by atoms with van der Waals surface area (Å²) in [7, 11) is -3.16. The summed E-state index contributed by atoms with van der Waals surface area (Å²) in [6.45, 7) is 4.19. The molecule has 0 spiro atoms. The summed E-state index contributed by atoms with van der Waals surface area (Å²) in [4.78, 5) is 7.96. The Morgan fingerprint density at radius 2 is 2.12 bits per heavy atom. The Bertz CT molecular complexity index is 644. The van der Waals surface area contributed by atoms with E-state index >= 15 is 0 Å². The molecule has 92 valence electrons. The molecule has 1 aromatic heterocycles. The Morgan fingerprint density at radius 1 is 1.41 bits per heavy atom. The number of H-pyrrole nitrogens is 1. The third-order valence-electron chi connectivity index (χ3n) is 2.98. The lowest BCUT2D eigenvalue weighted by molar-refractivity contribution is 0.602. The molecule has 5 heteroatoms. The van der Waals surface area contributed by atoms with Crippen molar-refractivity contribution in [3.63, 3.8) is 0 Å². The molecule has 4 nitrogen and oxygen atoms in total. The molecule has 0 radical (unpaired) electrons. The van der Waals surface area contributed by atoms with Gasteiger partial charge in [-0.2, -0.15) is 0 Å². The van der Waals surface area contributed by atoms with E-state index in [0.29, 0.717) is 10.8 Å². The van der Waals surface area contributed by atoms with Crippen molar-refractivity contribution in [1.29, 1.82) is 0 Å². The van der Waals surface area contributed by atoms with E-state index < -0.39 is 9.84 Å². The second kappa shape index (κ2) is 4.14. The van der Waals surface area contributed by atoms with E-state index in [0.717, 1.165) is 23.3 Å². The molecule has 0 saturated heterocycles. The predicted octanol–water partition coefficient (Wildman–Crippen LogP) is 2.48. The Kier molecular flexibility index (Phi) is 2.95. The first-order valence-corrected chi connectivity index (χ1v) is 7.50. The van der Waals surface area contributed by atoms with Gasteiger partial charge in [0.15, 0.2) is 9.84 Å². The number of nitrogens with zero attached hydrogens (tertiary/aromatic N) is 1. The Morgan fingerprint density at radius 3 is 2.71 bits per heavy atom. The second-order valence-electron chi connectivity index (χ2n) is 4.38. The number of fused-ring (bicyclic) bond motifs is 1. The molecule has 0 aliphatic rings. The zero-order chi connectivity index (χ0) is 12.6. The molecule has 0 aliphatic carbocycles. The molecule has 0 amide bonds. The fourth-order valence-electron chi connectivity index (χ4n) is 1.67. The van der Waals surface area contributed by atoms with E-state index in [2.05, 4.69) is 23.8 Å². The summed E-state index contributed by atoms with van der Waals surface area (Å²) in [5.74, 6) is 1.26. The van der Waals surface area contributed by atoms with Crippen molar-refractivity contribution in [2.24, 2.45) is 0 Å². The van der Waals surface area contributed by atoms with Gasteiger partial charge in [0.05, 0.1) is 15.9 Å². The molecule has 0 saturated carbocycles. The smallest absolute Gasteiger partial charge is 0.175 e. The van der Waals surface area contributed by atoms with Gasteiger partial charge < -0.3 is 4.98 Å². The molecular formula is C12H16N2O2S. The molecule has 1 unspecified atom stereocenters. The number of rotatable bonds is 3. The van der Waals surface area contributed by atoms with Crippen molar-refractivity contribution in [2.45, 2.75) is 31.1 Å². The second-order valence-corrected chi connectivity index (χ2v) is 6.40. The number of aromatic amines is 1. The zero-order valence-electron chi connectivity index (χ0n) is 10.2. The van der Waals surface area contributed by atoms with Gasteiger partial charge in [-0.15, -0.1) is 0 Å². The van der Waals surface area contributed by atoms with Crippen LogP contribution in [0.25, 0.3) is 11.0 Å². The average molecular weight is 252 g/mol. The van der Waals surface area contributed by atoms with E-state index in [-0.39, 0.29) is 0 Å². The lowest BCUT2D eigenvalue weighted by Gasteiger charge is -2.01. The minimum absolute atomic E-state index is 0.323. The van der Waals surface area contributed by atoms with Crippen LogP contribution in [0.15, 0.2) is 23.1 Å². The number of imidazole rings is 1. The fourth-order valence-corrected chi connectivity index (χ4v) is 2.31. The summed E-state index contributed by atoms with van der Waals surface area (Å²) in [5.41, 5.74) is 1.59. The quantitative estimate of drug-likeness (QED) is 0.912. The first kappa shape index (κ1) is 12.1. The highest BCUT2D eigenvalue weighted by Crippen LogP contribution is 2.22. The Labute approximate surface area is 101 Å². The molecule has 0 aliphatic heterocycles. The van der Waals surface area contributed by atoms with Gasteiger partial charge in [0, 0.05) is 12.2 Å². The van der Waals surface area contributed by atoms with Crippen LogP contribution in [0.3, 0.4) is 0 Å². The number of hydrogen-bond donors (Lipinski definition) is 1. The SMILES string of the molecule is CCC(C)c1nc2ccc(S(C)(=O)=O)cc2[nH]1. The number of benzene rings is 1. The first-order valence-electron chi connectivity index (χ1n) is 5.61. The van der Waals surface area contributed by atoms with Gasteiger partial charge in [-0.3, -0.25) is 0 Å². The van der Waals surface area contributed by atoms with Gasteiger partial charge in [0.25, 0.3) is 0 Å². The van der Waals surface area contributed by atoms with Crippen molar-refractivity contribution >= 4 is 20.9 Å². The number of aromatic nitrogens is 2. The Balaban J connectivity index is 2.56. The van der Waals surface area contributed by atoms with E-state index in [4.69, 9.17) is 0 Å². The zero-order valence-corrected chi connectivity index (χ0v) is 11.0. The van der Waals surface area contributed by atoms with E-state index in [1.807, 2.05) is 0 Å². The molecule has 2 rings (SSSR count). The predicted molar refractivity (Wildman–Crippen MR) is 67.9 cm³/mol. The van der Waals surface area contributed by atoms with Crippen molar-refractivity contribution in [2.75, 3.05) is 6.26 Å². The summed E-state index contributed by atoms with van der Waals surface area (Å²) < 4.78 is 22.9. The average Bonchev–Trinajstić information content (AvgIpc) is 2.69. The van der Waals surface area contributed by atoms with Crippen molar-refractivity contribution in [3.8, 4) is 0 Å². The maximum Gasteiger partial charge on any atom is 0.175 e. The summed E-state index contributed by atoms with van der Waals surface area (Å²) in [6.07, 6.45) is 2.21. The highest BCUT2D eigenvalue weighted by molar-refractivity contribution is 7.90. The lowest BCUT2D eigenvalue weighted by atomic mass is 10.1. The van der Waals surface area contributed by atoms with Gasteiger partial charge in [-0.1, -0.05) is 13.8 Å². The number of sulfone groups is 1. The summed E-state index contributed by atoms with van der Waals surface area (Å²) >= 11 is 0. The van der Waals surface area contributed by atoms with Gasteiger partial charge in [-0.25, -0.2) is 13.4 Å². The molecule has 2 aromatic rings. The highest BCUT2D eigenvalue weighted by atomic mass is 32.2. The van der Waals surface area contributed by atoms with Gasteiger partial charge >= 0.3 is 0 Å². The van der Waals surface area contributed by atoms with Gasteiger partial charge in [-0.05, 0) is 24.6 Å². The highest BCUT2D eigenvalue weighted by Gasteiger charge is 2.12. The number of hydrogen-bond acceptors (Lipinski definition) is 3. The van der Waals surface area contributed by atoms with E-state index in [1.165, 1.54) is 6.26 Å². The van der Waals surface area contributed by atoms with Gasteiger partial charge in [0.2, 0.25) is 0 Å². The third-order valence-corrected chi connectivity index (χ3v) is 4.09. The molecular weight excluding hydrogens is 236 g/mol. The van der Waals surface area contributed by atoms with Crippen molar-refractivity contribution in [1.82, 2.24) is 9.97 Å². The molecule has 0 bridgehead atoms. The van der Waals surface area contributed by atoms with Crippen LogP contribution in [0.1, 0.15) is 32.0 Å². The standard InChI is InChI=1S/C12H16N2O2S/c1-4-8(2)12-13-10-6-5-9(17(3,15)16)7-11(10)14-12/h5-8H,4H2,1-3H3,(H,13,14). The van der Waals surface area contributed by atoms with Crippen LogP contribution in [0.2, 0.25) is 0 Å². The van der Waals surface area contributed by atoms with Crippen LogP contribution in [-0.2, 0) is 9.84 Å². The molecule has 1 N–H and O–H groups in total. The summed E-state index contributed by atoms with van der Waals surface area (Å²) in [6, 6.07) is 4.98. The maximum absolute atomic E-state index is 11.4. The van der Waals surface area contributed by atoms with Crippen LogP contribution in [-0.4, -0.2) is 24.6 Å². The number of nitrogens with one attached hydrogen (secondary N) is 1. The minimum Gasteiger partial charge on any atom is -0.342 e. The van der Waals surface area contributed by atoms with Crippen molar-refractivity contribution < 1.29 is 8.42 Å². The van der Waals surface area contributed by atoms with Crippen LogP contribution >= 0.6 is 0 Å². The topological polar surface area (TPSA) is 62.8 Å². The summed E-state index contributed by atoms with van der Waals surface area (Å²) in [5, 5.41) is 0. The fraction of sp³-hybridized carbons (Fsp3) is 0.417. The monoisotopic (exact) mass is 252 g/mol.